The summed E-state index contributed by atoms with van der Waals surface area (Å²) in [7, 11) is -10.3. The third kappa shape index (κ3) is 5.44. The monoisotopic (exact) mass is 508 g/mol. The van der Waals surface area contributed by atoms with Gasteiger partial charge in [-0.2, -0.15) is 0 Å². The quantitative estimate of drug-likeness (QED) is 0.496. The lowest BCUT2D eigenvalue weighted by molar-refractivity contribution is 0.414. The highest BCUT2D eigenvalue weighted by molar-refractivity contribution is 7.94. The zero-order valence-corrected chi connectivity index (χ0v) is 20.5. The lowest BCUT2D eigenvalue weighted by Crippen LogP contribution is -2.25. The number of methoxy groups -OCH3 is 1. The molecule has 0 aromatic heterocycles. The van der Waals surface area contributed by atoms with E-state index in [2.05, 4.69) is 4.72 Å². The molecule has 0 aliphatic rings. The van der Waals surface area contributed by atoms with Crippen LogP contribution in [0.3, 0.4) is 0 Å². The molecule has 11 heteroatoms. The largest absolute Gasteiger partial charge is 0.497 e. The molecule has 0 spiro atoms. The van der Waals surface area contributed by atoms with E-state index in [-0.39, 0.29) is 19.6 Å². The van der Waals surface area contributed by atoms with Crippen LogP contribution in [0.5, 0.6) is 5.75 Å². The maximum atomic E-state index is 13.3. The first-order valence-corrected chi connectivity index (χ1v) is 14.5. The molecule has 0 aliphatic heterocycles. The van der Waals surface area contributed by atoms with Gasteiger partial charge in [0.2, 0.25) is 29.7 Å². The van der Waals surface area contributed by atoms with Crippen LogP contribution in [-0.4, -0.2) is 38.6 Å². The summed E-state index contributed by atoms with van der Waals surface area (Å²) in [4.78, 5) is -0.876. The minimum absolute atomic E-state index is 0.0676. The van der Waals surface area contributed by atoms with E-state index in [9.17, 15) is 25.3 Å². The smallest absolute Gasteiger partial charge is 0.209 e. The lowest BCUT2D eigenvalue weighted by atomic mass is 10.1. The predicted octanol–water partition coefficient (Wildman–Crippen LogP) is 2.97. The molecule has 3 aromatic rings. The Kier molecular flexibility index (Phi) is 6.99. The van der Waals surface area contributed by atoms with Gasteiger partial charge in [-0.1, -0.05) is 24.3 Å². The molecular weight excluding hydrogens is 485 g/mol. The fourth-order valence-corrected chi connectivity index (χ4v) is 7.34. The van der Waals surface area contributed by atoms with Gasteiger partial charge in [-0.15, -0.1) is 0 Å². The van der Waals surface area contributed by atoms with E-state index in [4.69, 9.17) is 4.74 Å². The van der Waals surface area contributed by atoms with Crippen molar-refractivity contribution in [1.29, 1.82) is 0 Å². The van der Waals surface area contributed by atoms with Crippen LogP contribution in [0, 0.1) is 0 Å². The van der Waals surface area contributed by atoms with Crippen molar-refractivity contribution in [3.05, 3.63) is 78.4 Å². The van der Waals surface area contributed by atoms with Crippen molar-refractivity contribution in [2.45, 2.75) is 32.5 Å². The summed E-state index contributed by atoms with van der Waals surface area (Å²) in [5.41, 5.74) is 0.554. The summed E-state index contributed by atoms with van der Waals surface area (Å²) in [5.74, 6) is 0.467. The molecule has 1 N–H and O–H groups in total. The highest BCUT2D eigenvalue weighted by Gasteiger charge is 2.29. The maximum Gasteiger partial charge on any atom is 0.209 e. The Morgan fingerprint density at radius 2 is 1.12 bits per heavy atom. The highest BCUT2D eigenvalue weighted by Crippen LogP contribution is 2.32. The van der Waals surface area contributed by atoms with E-state index >= 15 is 0 Å². The van der Waals surface area contributed by atoms with Crippen LogP contribution in [0.4, 0.5) is 0 Å². The summed E-state index contributed by atoms with van der Waals surface area (Å²) >= 11 is 0. The van der Waals surface area contributed by atoms with Gasteiger partial charge in [0.05, 0.1) is 32.9 Å². The SMILES string of the molecule is CC(NS(C)(=O)=O)c1ccc(S(=O)(=O)c2ccccc2S(=O)(=O)c2ccc(O[11CH3])cc2)cc1. The minimum Gasteiger partial charge on any atom is -0.497 e. The van der Waals surface area contributed by atoms with Crippen LogP contribution in [0.25, 0.3) is 0 Å². The molecule has 0 heterocycles. The Bertz CT molecular complexity index is 1460. The van der Waals surface area contributed by atoms with E-state index in [1.165, 1.54) is 79.9 Å². The fourth-order valence-electron chi connectivity index (χ4n) is 3.23. The van der Waals surface area contributed by atoms with E-state index < -0.39 is 35.7 Å². The number of sulfonamides is 1. The Morgan fingerprint density at radius 1 is 0.697 bits per heavy atom. The van der Waals surface area contributed by atoms with Crippen molar-refractivity contribution in [1.82, 2.24) is 4.72 Å². The molecule has 0 amide bonds. The molecule has 0 radical (unpaired) electrons. The van der Waals surface area contributed by atoms with Gasteiger partial charge in [-0.25, -0.2) is 30.0 Å². The zero-order chi connectivity index (χ0) is 24.4. The lowest BCUT2D eigenvalue weighted by Gasteiger charge is -2.14. The number of sulfone groups is 2. The van der Waals surface area contributed by atoms with Gasteiger partial charge in [-0.05, 0) is 61.0 Å². The van der Waals surface area contributed by atoms with Gasteiger partial charge < -0.3 is 4.74 Å². The van der Waals surface area contributed by atoms with E-state index in [0.29, 0.717) is 11.3 Å². The predicted molar refractivity (Wildman–Crippen MR) is 123 cm³/mol. The highest BCUT2D eigenvalue weighted by atomic mass is 32.2. The van der Waals surface area contributed by atoms with Crippen LogP contribution in [-0.2, 0) is 29.7 Å². The molecule has 0 saturated carbocycles. The fraction of sp³-hybridized carbons (Fsp3) is 0.182. The summed E-state index contributed by atoms with van der Waals surface area (Å²) in [5, 5.41) is 0. The summed E-state index contributed by atoms with van der Waals surface area (Å²) in [6.07, 6.45) is 1.03. The number of hydrogen-bond acceptors (Lipinski definition) is 7. The molecule has 3 aromatic carbocycles. The van der Waals surface area contributed by atoms with Crippen LogP contribution in [0.15, 0.2) is 92.4 Å². The van der Waals surface area contributed by atoms with Gasteiger partial charge >= 0.3 is 0 Å². The Morgan fingerprint density at radius 3 is 1.52 bits per heavy atom. The van der Waals surface area contributed by atoms with Gasteiger partial charge in [0.15, 0.2) is 0 Å². The van der Waals surface area contributed by atoms with E-state index in [1.807, 2.05) is 0 Å². The molecule has 0 bridgehead atoms. The molecule has 1 atom stereocenters. The molecule has 3 rings (SSSR count). The molecular formula is C22H23NO7S3. The van der Waals surface area contributed by atoms with Crippen LogP contribution in [0.1, 0.15) is 18.5 Å². The normalized spacial score (nSPS) is 13.4. The van der Waals surface area contributed by atoms with Crippen molar-refractivity contribution in [3.63, 3.8) is 0 Å². The topological polar surface area (TPSA) is 124 Å². The first-order chi connectivity index (χ1) is 15.4. The zero-order valence-electron chi connectivity index (χ0n) is 18.1. The molecule has 0 saturated heterocycles. The standard InChI is InChI=1S/C22H23NO7S3/c1-16(23-31(3,24)25)17-8-12-19(13-9-17)32(26,27)21-6-4-5-7-22(21)33(28,29)20-14-10-18(30-2)11-15-20/h4-16,23H,1-3H3/i2-1. The third-order valence-electron chi connectivity index (χ3n) is 4.88. The molecule has 33 heavy (non-hydrogen) atoms. The number of nitrogens with one attached hydrogen (secondary N) is 1. The van der Waals surface area contributed by atoms with Crippen molar-refractivity contribution in [2.75, 3.05) is 13.4 Å². The Balaban J connectivity index is 2.03. The minimum atomic E-state index is -4.19. The number of rotatable bonds is 8. The third-order valence-corrected chi connectivity index (χ3v) is 9.45. The van der Waals surface area contributed by atoms with E-state index in [0.717, 1.165) is 6.26 Å². The average molecular weight is 509 g/mol. The van der Waals surface area contributed by atoms with Gasteiger partial charge in [0.25, 0.3) is 0 Å². The van der Waals surface area contributed by atoms with Crippen molar-refractivity contribution < 1.29 is 30.0 Å². The molecule has 176 valence electrons. The summed E-state index contributed by atoms with van der Waals surface area (Å²) in [6.45, 7) is 1.63. The van der Waals surface area contributed by atoms with Gasteiger partial charge in [0, 0.05) is 6.04 Å². The van der Waals surface area contributed by atoms with E-state index in [1.54, 1.807) is 6.92 Å². The summed E-state index contributed by atoms with van der Waals surface area (Å²) in [6, 6.07) is 16.1. The number of benzene rings is 3. The number of hydrogen-bond donors (Lipinski definition) is 1. The first kappa shape index (κ1) is 24.9. The number of ether oxygens (including phenoxy) is 1. The van der Waals surface area contributed by atoms with Crippen molar-refractivity contribution in [3.8, 4) is 5.75 Å². The molecule has 1 unspecified atom stereocenters. The Hall–Kier alpha value is -2.73. The van der Waals surface area contributed by atoms with Crippen LogP contribution in [0.2, 0.25) is 0 Å². The van der Waals surface area contributed by atoms with Crippen molar-refractivity contribution in [2.24, 2.45) is 0 Å². The second-order valence-electron chi connectivity index (χ2n) is 7.31. The second-order valence-corrected chi connectivity index (χ2v) is 12.9. The summed E-state index contributed by atoms with van der Waals surface area (Å²) < 4.78 is 83.5. The second kappa shape index (κ2) is 9.26. The van der Waals surface area contributed by atoms with Crippen molar-refractivity contribution >= 4 is 29.7 Å². The Labute approximate surface area is 194 Å². The van der Waals surface area contributed by atoms with Gasteiger partial charge in [0.1, 0.15) is 5.75 Å². The van der Waals surface area contributed by atoms with Crippen LogP contribution >= 0.6 is 0 Å². The molecule has 0 fully saturated rings. The maximum absolute atomic E-state index is 13.3. The van der Waals surface area contributed by atoms with Crippen LogP contribution < -0.4 is 9.46 Å². The first-order valence-electron chi connectivity index (χ1n) is 9.67. The molecule has 0 aliphatic carbocycles. The van der Waals surface area contributed by atoms with Gasteiger partial charge in [-0.3, -0.25) is 0 Å². The average Bonchev–Trinajstić information content (AvgIpc) is 2.78. The molecule has 8 nitrogen and oxygen atoms in total.